The third-order valence-corrected chi connectivity index (χ3v) is 5.35. The Morgan fingerprint density at radius 2 is 2.00 bits per heavy atom. The fourth-order valence-corrected chi connectivity index (χ4v) is 3.84. The number of amides is 1. The predicted molar refractivity (Wildman–Crippen MR) is 111 cm³/mol. The standard InChI is InChI=1S/C21H14B2FN5O/c1-28-11-16-15(8-25-9-18(16)27-28)12-4-5-13(17(24)7-12)10-29-20(30)14-3-2-6-26-19(14)21(29,22)23/h2-9,11H,10H2,1H3. The first-order valence-corrected chi connectivity index (χ1v) is 9.27. The van der Waals surface area contributed by atoms with E-state index in [9.17, 15) is 4.79 Å². The van der Waals surface area contributed by atoms with Gasteiger partial charge in [-0.3, -0.25) is 19.4 Å². The van der Waals surface area contributed by atoms with Crippen LogP contribution in [0.25, 0.3) is 22.0 Å². The summed E-state index contributed by atoms with van der Waals surface area (Å²) in [5.74, 6) is -0.850. The van der Waals surface area contributed by atoms with Crippen molar-refractivity contribution >= 4 is 32.5 Å². The van der Waals surface area contributed by atoms with Crippen molar-refractivity contribution in [3.05, 3.63) is 77.8 Å². The lowest BCUT2D eigenvalue weighted by atomic mass is 9.59. The Labute approximate surface area is 174 Å². The molecule has 4 aromatic rings. The molecule has 1 amide bonds. The fraction of sp³-hybridized carbons (Fsp3) is 0.143. The molecule has 0 fully saturated rings. The summed E-state index contributed by atoms with van der Waals surface area (Å²) in [5.41, 5.74) is 3.06. The summed E-state index contributed by atoms with van der Waals surface area (Å²) in [5, 5.41) is 3.60. The van der Waals surface area contributed by atoms with Gasteiger partial charge >= 0.3 is 0 Å². The molecule has 0 saturated carbocycles. The first kappa shape index (κ1) is 18.5. The Morgan fingerprint density at radius 3 is 2.77 bits per heavy atom. The molecule has 0 spiro atoms. The highest BCUT2D eigenvalue weighted by atomic mass is 19.1. The minimum atomic E-state index is -1.61. The number of carbonyl (C=O) groups excluding carboxylic acids is 1. The van der Waals surface area contributed by atoms with Crippen molar-refractivity contribution in [3.8, 4) is 11.1 Å². The van der Waals surface area contributed by atoms with E-state index in [2.05, 4.69) is 15.1 Å². The molecular formula is C21H14B2FN5O. The summed E-state index contributed by atoms with van der Waals surface area (Å²) >= 11 is 0. The van der Waals surface area contributed by atoms with Gasteiger partial charge in [0.1, 0.15) is 11.3 Å². The average molecular weight is 393 g/mol. The number of hydrogen-bond acceptors (Lipinski definition) is 4. The van der Waals surface area contributed by atoms with Crippen LogP contribution < -0.4 is 0 Å². The molecule has 5 rings (SSSR count). The van der Waals surface area contributed by atoms with E-state index in [1.54, 1.807) is 41.3 Å². The molecular weight excluding hydrogens is 379 g/mol. The molecule has 6 nitrogen and oxygen atoms in total. The van der Waals surface area contributed by atoms with Crippen molar-refractivity contribution in [1.29, 1.82) is 0 Å². The lowest BCUT2D eigenvalue weighted by Crippen LogP contribution is -2.44. The molecule has 142 valence electrons. The summed E-state index contributed by atoms with van der Waals surface area (Å²) in [7, 11) is 14.2. The third kappa shape index (κ3) is 2.73. The zero-order chi connectivity index (χ0) is 21.0. The molecule has 3 aromatic heterocycles. The second-order valence-electron chi connectivity index (χ2n) is 7.35. The van der Waals surface area contributed by atoms with Crippen molar-refractivity contribution < 1.29 is 9.18 Å². The van der Waals surface area contributed by atoms with Crippen LogP contribution >= 0.6 is 0 Å². The maximum absolute atomic E-state index is 15.0. The van der Waals surface area contributed by atoms with E-state index >= 15 is 4.39 Å². The summed E-state index contributed by atoms with van der Waals surface area (Å²) in [6, 6.07) is 8.07. The molecule has 30 heavy (non-hydrogen) atoms. The van der Waals surface area contributed by atoms with E-state index in [1.807, 2.05) is 13.2 Å². The van der Waals surface area contributed by atoms with Gasteiger partial charge in [0.2, 0.25) is 0 Å². The van der Waals surface area contributed by atoms with Crippen LogP contribution in [0.3, 0.4) is 0 Å². The molecule has 0 unspecified atom stereocenters. The highest BCUT2D eigenvalue weighted by Crippen LogP contribution is 2.35. The van der Waals surface area contributed by atoms with Gasteiger partial charge < -0.3 is 4.90 Å². The minimum Gasteiger partial charge on any atom is -0.340 e. The summed E-state index contributed by atoms with van der Waals surface area (Å²) in [4.78, 5) is 22.3. The Hall–Kier alpha value is -3.48. The smallest absolute Gasteiger partial charge is 0.255 e. The topological polar surface area (TPSA) is 63.9 Å². The van der Waals surface area contributed by atoms with Crippen LogP contribution in [-0.2, 0) is 18.9 Å². The van der Waals surface area contributed by atoms with E-state index in [-0.39, 0.29) is 18.1 Å². The van der Waals surface area contributed by atoms with Crippen LogP contribution in [0, 0.1) is 5.82 Å². The van der Waals surface area contributed by atoms with Crippen molar-refractivity contribution in [1.82, 2.24) is 24.6 Å². The molecule has 4 radical (unpaired) electrons. The van der Waals surface area contributed by atoms with E-state index in [0.29, 0.717) is 16.7 Å². The van der Waals surface area contributed by atoms with Gasteiger partial charge in [0, 0.05) is 54.0 Å². The van der Waals surface area contributed by atoms with Gasteiger partial charge in [-0.2, -0.15) is 5.10 Å². The van der Waals surface area contributed by atoms with Gasteiger partial charge in [-0.15, -0.1) is 0 Å². The van der Waals surface area contributed by atoms with Crippen LogP contribution in [0.2, 0.25) is 0 Å². The molecule has 9 heteroatoms. The molecule has 1 aliphatic heterocycles. The first-order valence-electron chi connectivity index (χ1n) is 9.27. The summed E-state index contributed by atoms with van der Waals surface area (Å²) in [6.07, 6.45) is 6.72. The lowest BCUT2D eigenvalue weighted by Gasteiger charge is -2.33. The monoisotopic (exact) mass is 393 g/mol. The second-order valence-corrected chi connectivity index (χ2v) is 7.35. The molecule has 1 aliphatic rings. The molecule has 4 heterocycles. The number of carbonyl (C=O) groups is 1. The Bertz CT molecular complexity index is 1320. The van der Waals surface area contributed by atoms with E-state index in [0.717, 1.165) is 16.5 Å². The first-order chi connectivity index (χ1) is 14.4. The predicted octanol–water partition coefficient (Wildman–Crippen LogP) is 2.27. The highest BCUT2D eigenvalue weighted by Gasteiger charge is 2.43. The fourth-order valence-electron chi connectivity index (χ4n) is 3.84. The molecule has 0 saturated heterocycles. The van der Waals surface area contributed by atoms with E-state index < -0.39 is 11.2 Å². The summed E-state index contributed by atoms with van der Waals surface area (Å²) < 4.78 is 16.7. The SMILES string of the molecule is [B]C1([B])c2ncccc2C(=O)N1Cc1ccc(-c2cncc3nn(C)cc23)cc1F. The van der Waals surface area contributed by atoms with Gasteiger partial charge in [0.05, 0.1) is 33.1 Å². The van der Waals surface area contributed by atoms with Crippen molar-refractivity contribution in [2.24, 2.45) is 7.05 Å². The molecule has 1 aromatic carbocycles. The molecule has 0 aliphatic carbocycles. The third-order valence-electron chi connectivity index (χ3n) is 5.35. The van der Waals surface area contributed by atoms with Gasteiger partial charge in [0.25, 0.3) is 5.91 Å². The zero-order valence-corrected chi connectivity index (χ0v) is 16.1. The van der Waals surface area contributed by atoms with Crippen molar-refractivity contribution in [2.45, 2.75) is 11.9 Å². The Morgan fingerprint density at radius 1 is 1.17 bits per heavy atom. The number of aromatic nitrogens is 4. The van der Waals surface area contributed by atoms with E-state index in [4.69, 9.17) is 15.7 Å². The van der Waals surface area contributed by atoms with Crippen LogP contribution in [0.5, 0.6) is 0 Å². The number of nitrogens with zero attached hydrogens (tertiary/aromatic N) is 5. The lowest BCUT2D eigenvalue weighted by molar-refractivity contribution is 0.0729. The van der Waals surface area contributed by atoms with Crippen LogP contribution in [0.4, 0.5) is 4.39 Å². The largest absolute Gasteiger partial charge is 0.340 e. The highest BCUT2D eigenvalue weighted by molar-refractivity contribution is 6.42. The van der Waals surface area contributed by atoms with Gasteiger partial charge in [-0.25, -0.2) is 4.39 Å². The Balaban J connectivity index is 1.50. The minimum absolute atomic E-state index is 0.0797. The number of pyridine rings is 2. The second kappa shape index (κ2) is 6.52. The van der Waals surface area contributed by atoms with Crippen molar-refractivity contribution in [2.75, 3.05) is 0 Å². The quantitative estimate of drug-likeness (QED) is 0.502. The van der Waals surface area contributed by atoms with Crippen LogP contribution in [-0.4, -0.2) is 46.2 Å². The number of fused-ring (bicyclic) bond motifs is 2. The number of hydrogen-bond donors (Lipinski definition) is 0. The maximum Gasteiger partial charge on any atom is 0.255 e. The summed E-state index contributed by atoms with van der Waals surface area (Å²) in [6.45, 7) is -0.0797. The van der Waals surface area contributed by atoms with Gasteiger partial charge in [-0.1, -0.05) is 12.1 Å². The number of halogens is 1. The molecule has 0 N–H and O–H groups in total. The normalized spacial score (nSPS) is 15.0. The van der Waals surface area contributed by atoms with Crippen molar-refractivity contribution in [3.63, 3.8) is 0 Å². The molecule has 0 bridgehead atoms. The van der Waals surface area contributed by atoms with Gasteiger partial charge in [-0.05, 0) is 23.8 Å². The Kier molecular flexibility index (Phi) is 4.03. The van der Waals surface area contributed by atoms with Gasteiger partial charge in [0.15, 0.2) is 0 Å². The average Bonchev–Trinajstić information content (AvgIpc) is 3.19. The van der Waals surface area contributed by atoms with Crippen LogP contribution in [0.15, 0.2) is 55.1 Å². The maximum atomic E-state index is 15.0. The zero-order valence-electron chi connectivity index (χ0n) is 16.1. The molecule has 0 atom stereocenters. The number of benzene rings is 1. The van der Waals surface area contributed by atoms with Crippen LogP contribution in [0.1, 0.15) is 21.6 Å². The number of rotatable bonds is 3. The number of aryl methyl sites for hydroxylation is 1. The van der Waals surface area contributed by atoms with E-state index in [1.165, 1.54) is 17.2 Å².